The van der Waals surface area contributed by atoms with Crippen LogP contribution in [0.15, 0.2) is 30.3 Å². The van der Waals surface area contributed by atoms with E-state index in [4.69, 9.17) is 10.5 Å². The molecular weight excluding hydrogens is 373 g/mol. The Bertz CT molecular complexity index is 531. The summed E-state index contributed by atoms with van der Waals surface area (Å²) in [5.74, 6) is 0.557. The average molecular weight is 404 g/mol. The van der Waals surface area contributed by atoms with Crippen LogP contribution < -0.4 is 11.1 Å². The van der Waals surface area contributed by atoms with Crippen LogP contribution >= 0.6 is 24.8 Å². The molecule has 1 aromatic rings. The number of nitrogens with one attached hydrogen (secondary N) is 1. The zero-order chi connectivity index (χ0) is 16.8. The van der Waals surface area contributed by atoms with Crippen molar-refractivity contribution in [2.45, 2.75) is 37.8 Å². The van der Waals surface area contributed by atoms with Crippen LogP contribution in [0.2, 0.25) is 0 Å². The number of carbonyl (C=O) groups is 1. The topological polar surface area (TPSA) is 67.6 Å². The first-order valence-corrected chi connectivity index (χ1v) is 9.07. The fraction of sp³-hybridized carbons (Fsp3) is 0.632. The molecule has 5 nitrogen and oxygen atoms in total. The van der Waals surface area contributed by atoms with E-state index in [0.29, 0.717) is 32.0 Å². The monoisotopic (exact) mass is 403 g/mol. The Kier molecular flexibility index (Phi) is 9.90. The van der Waals surface area contributed by atoms with E-state index in [1.807, 2.05) is 0 Å². The molecule has 1 amide bonds. The standard InChI is InChI=1S/C19H29N3O2.2ClH/c20-19(8-12-24-13-9-19)18(23)21-14-16-6-10-22(11-7-16)15-17-4-2-1-3-5-17;;/h1-5,16H,6-15,20H2,(H,21,23);2*1H. The molecule has 2 heterocycles. The number of nitrogens with two attached hydrogens (primary N) is 1. The van der Waals surface area contributed by atoms with Crippen LogP contribution in [0.1, 0.15) is 31.2 Å². The molecule has 3 rings (SSSR count). The molecule has 0 unspecified atom stereocenters. The van der Waals surface area contributed by atoms with Crippen molar-refractivity contribution in [3.05, 3.63) is 35.9 Å². The second-order valence-corrected chi connectivity index (χ2v) is 7.18. The molecule has 2 saturated heterocycles. The maximum absolute atomic E-state index is 12.4. The number of ether oxygens (including phenoxy) is 1. The van der Waals surface area contributed by atoms with Gasteiger partial charge in [-0.15, -0.1) is 24.8 Å². The molecule has 2 fully saturated rings. The summed E-state index contributed by atoms with van der Waals surface area (Å²) in [6.07, 6.45) is 3.50. The number of benzene rings is 1. The summed E-state index contributed by atoms with van der Waals surface area (Å²) in [5.41, 5.74) is 6.87. The molecule has 0 atom stereocenters. The van der Waals surface area contributed by atoms with Crippen molar-refractivity contribution in [2.75, 3.05) is 32.8 Å². The van der Waals surface area contributed by atoms with Gasteiger partial charge < -0.3 is 15.8 Å². The molecule has 3 N–H and O–H groups in total. The first kappa shape index (κ1) is 23.2. The van der Waals surface area contributed by atoms with E-state index in [-0.39, 0.29) is 30.7 Å². The minimum absolute atomic E-state index is 0. The fourth-order valence-corrected chi connectivity index (χ4v) is 3.57. The van der Waals surface area contributed by atoms with E-state index in [1.54, 1.807) is 0 Å². The summed E-state index contributed by atoms with van der Waals surface area (Å²) in [6, 6.07) is 10.6. The molecule has 1 aromatic carbocycles. The van der Waals surface area contributed by atoms with Crippen molar-refractivity contribution in [1.29, 1.82) is 0 Å². The molecule has 0 saturated carbocycles. The van der Waals surface area contributed by atoms with E-state index in [0.717, 1.165) is 39.0 Å². The number of piperidine rings is 1. The van der Waals surface area contributed by atoms with Gasteiger partial charge in [-0.1, -0.05) is 30.3 Å². The predicted octanol–water partition coefficient (Wildman–Crippen LogP) is 2.37. The molecule has 26 heavy (non-hydrogen) atoms. The van der Waals surface area contributed by atoms with Crippen LogP contribution in [0.3, 0.4) is 0 Å². The van der Waals surface area contributed by atoms with Gasteiger partial charge in [0.2, 0.25) is 5.91 Å². The van der Waals surface area contributed by atoms with Crippen LogP contribution in [-0.4, -0.2) is 49.2 Å². The zero-order valence-corrected chi connectivity index (χ0v) is 16.8. The second-order valence-electron chi connectivity index (χ2n) is 7.18. The Morgan fingerprint density at radius 3 is 2.38 bits per heavy atom. The quantitative estimate of drug-likeness (QED) is 0.791. The van der Waals surface area contributed by atoms with Gasteiger partial charge in [0.05, 0.1) is 5.54 Å². The molecule has 2 aliphatic heterocycles. The smallest absolute Gasteiger partial charge is 0.240 e. The van der Waals surface area contributed by atoms with Crippen molar-refractivity contribution in [3.63, 3.8) is 0 Å². The number of amides is 1. The third-order valence-electron chi connectivity index (χ3n) is 5.34. The first-order chi connectivity index (χ1) is 11.7. The predicted molar refractivity (Wildman–Crippen MR) is 109 cm³/mol. The van der Waals surface area contributed by atoms with Crippen LogP contribution in [0.25, 0.3) is 0 Å². The summed E-state index contributed by atoms with van der Waals surface area (Å²) in [5, 5.41) is 3.09. The molecule has 0 bridgehead atoms. The summed E-state index contributed by atoms with van der Waals surface area (Å²) in [4.78, 5) is 14.9. The molecule has 7 heteroatoms. The van der Waals surface area contributed by atoms with Crippen molar-refractivity contribution in [1.82, 2.24) is 10.2 Å². The SMILES string of the molecule is Cl.Cl.NC1(C(=O)NCC2CCN(Cc3ccccc3)CC2)CCOCC1. The normalized spacial score (nSPS) is 20.5. The molecule has 0 aromatic heterocycles. The second kappa shape index (κ2) is 11.1. The van der Waals surface area contributed by atoms with E-state index >= 15 is 0 Å². The van der Waals surface area contributed by atoms with Crippen molar-refractivity contribution < 1.29 is 9.53 Å². The Labute approximate surface area is 168 Å². The Balaban J connectivity index is 0.00000169. The number of halogens is 2. The maximum Gasteiger partial charge on any atom is 0.240 e. The van der Waals surface area contributed by atoms with E-state index < -0.39 is 5.54 Å². The van der Waals surface area contributed by atoms with Gasteiger partial charge in [-0.2, -0.15) is 0 Å². The highest BCUT2D eigenvalue weighted by Gasteiger charge is 2.36. The summed E-state index contributed by atoms with van der Waals surface area (Å²) < 4.78 is 5.30. The van der Waals surface area contributed by atoms with Crippen LogP contribution in [0, 0.1) is 5.92 Å². The molecule has 0 radical (unpaired) electrons. The average Bonchev–Trinajstić information content (AvgIpc) is 2.62. The number of hydrogen-bond acceptors (Lipinski definition) is 4. The van der Waals surface area contributed by atoms with Gasteiger partial charge >= 0.3 is 0 Å². The van der Waals surface area contributed by atoms with Gasteiger partial charge in [-0.3, -0.25) is 9.69 Å². The number of hydrogen-bond donors (Lipinski definition) is 2. The van der Waals surface area contributed by atoms with E-state index in [2.05, 4.69) is 40.5 Å². The summed E-state index contributed by atoms with van der Waals surface area (Å²) in [6.45, 7) is 5.13. The van der Waals surface area contributed by atoms with Gasteiger partial charge in [0.25, 0.3) is 0 Å². The van der Waals surface area contributed by atoms with Crippen LogP contribution in [-0.2, 0) is 16.1 Å². The summed E-state index contributed by atoms with van der Waals surface area (Å²) >= 11 is 0. The van der Waals surface area contributed by atoms with Gasteiger partial charge in [0, 0.05) is 26.3 Å². The lowest BCUT2D eigenvalue weighted by atomic mass is 9.89. The first-order valence-electron chi connectivity index (χ1n) is 9.07. The number of nitrogens with zero attached hydrogens (tertiary/aromatic N) is 1. The molecular formula is C19H31Cl2N3O2. The molecule has 148 valence electrons. The van der Waals surface area contributed by atoms with Gasteiger partial charge in [0.1, 0.15) is 0 Å². The Hall–Kier alpha value is -0.850. The van der Waals surface area contributed by atoms with E-state index in [1.165, 1.54) is 5.56 Å². The third kappa shape index (κ3) is 6.39. The lowest BCUT2D eigenvalue weighted by Crippen LogP contribution is -2.57. The number of rotatable bonds is 5. The largest absolute Gasteiger partial charge is 0.381 e. The molecule has 0 aliphatic carbocycles. The third-order valence-corrected chi connectivity index (χ3v) is 5.34. The van der Waals surface area contributed by atoms with Gasteiger partial charge in [0.15, 0.2) is 0 Å². The van der Waals surface area contributed by atoms with Crippen molar-refractivity contribution in [3.8, 4) is 0 Å². The highest BCUT2D eigenvalue weighted by Crippen LogP contribution is 2.20. The Morgan fingerprint density at radius 2 is 1.77 bits per heavy atom. The Morgan fingerprint density at radius 1 is 1.15 bits per heavy atom. The minimum atomic E-state index is -0.730. The molecule has 2 aliphatic rings. The number of likely N-dealkylation sites (tertiary alicyclic amines) is 1. The highest BCUT2D eigenvalue weighted by molar-refractivity contribution is 5.86. The van der Waals surface area contributed by atoms with E-state index in [9.17, 15) is 4.79 Å². The van der Waals surface area contributed by atoms with Crippen LogP contribution in [0.4, 0.5) is 0 Å². The van der Waals surface area contributed by atoms with Crippen LogP contribution in [0.5, 0.6) is 0 Å². The highest BCUT2D eigenvalue weighted by atomic mass is 35.5. The molecule has 0 spiro atoms. The fourth-order valence-electron chi connectivity index (χ4n) is 3.57. The van der Waals surface area contributed by atoms with Gasteiger partial charge in [-0.05, 0) is 50.3 Å². The zero-order valence-electron chi connectivity index (χ0n) is 15.2. The lowest BCUT2D eigenvalue weighted by molar-refractivity contribution is -0.130. The minimum Gasteiger partial charge on any atom is -0.381 e. The van der Waals surface area contributed by atoms with Gasteiger partial charge in [-0.25, -0.2) is 0 Å². The van der Waals surface area contributed by atoms with Crippen molar-refractivity contribution >= 4 is 30.7 Å². The summed E-state index contributed by atoms with van der Waals surface area (Å²) in [7, 11) is 0. The maximum atomic E-state index is 12.4. The number of carbonyl (C=O) groups excluding carboxylic acids is 1. The lowest BCUT2D eigenvalue weighted by Gasteiger charge is -2.34. The van der Waals surface area contributed by atoms with Crippen molar-refractivity contribution in [2.24, 2.45) is 11.7 Å².